The molecule has 0 saturated heterocycles. The fraction of sp³-hybridized carbons (Fsp3) is 0.111. The van der Waals surface area contributed by atoms with Gasteiger partial charge in [-0.2, -0.15) is 21.1 Å². The number of nitrogens with two attached hydrogens (primary N) is 1. The molecule has 4 nitrogen and oxygen atoms in total. The van der Waals surface area contributed by atoms with Crippen molar-refractivity contribution in [2.24, 2.45) is 5.73 Å². The second-order valence-corrected chi connectivity index (χ2v) is 6.36. The second-order valence-electron chi connectivity index (χ2n) is 5.58. The lowest BCUT2D eigenvalue weighted by Gasteiger charge is -2.33. The van der Waals surface area contributed by atoms with Gasteiger partial charge in [0.25, 0.3) is 0 Å². The van der Waals surface area contributed by atoms with E-state index in [1.54, 1.807) is 11.3 Å². The van der Waals surface area contributed by atoms with Gasteiger partial charge in [0, 0.05) is 17.4 Å². The first-order valence-corrected chi connectivity index (χ1v) is 8.22. The fourth-order valence-corrected chi connectivity index (χ4v) is 3.93. The number of allylic oxidation sites excluding steroid dienone is 1. The van der Waals surface area contributed by atoms with E-state index in [1.807, 2.05) is 24.3 Å². The first-order valence-electron chi connectivity index (χ1n) is 7.27. The van der Waals surface area contributed by atoms with Gasteiger partial charge in [0.05, 0.1) is 5.69 Å². The molecule has 1 aromatic carbocycles. The van der Waals surface area contributed by atoms with Gasteiger partial charge in [-0.15, -0.1) is 0 Å². The van der Waals surface area contributed by atoms with E-state index in [4.69, 9.17) is 5.73 Å². The molecule has 2 heterocycles. The average molecular weight is 320 g/mol. The van der Waals surface area contributed by atoms with Gasteiger partial charge in [-0.25, -0.2) is 4.79 Å². The van der Waals surface area contributed by atoms with Crippen molar-refractivity contribution in [2.75, 3.05) is 0 Å². The maximum Gasteiger partial charge on any atom is 0.339 e. The minimum Gasteiger partial charge on any atom is -0.350 e. The van der Waals surface area contributed by atoms with E-state index < -0.39 is 6.03 Å². The molecular formula is C18H14N3OS. The van der Waals surface area contributed by atoms with Crippen LogP contribution in [0.2, 0.25) is 0 Å². The Morgan fingerprint density at radius 3 is 2.78 bits per heavy atom. The van der Waals surface area contributed by atoms with Crippen LogP contribution in [0.5, 0.6) is 0 Å². The summed E-state index contributed by atoms with van der Waals surface area (Å²) in [7, 11) is 0. The van der Waals surface area contributed by atoms with E-state index in [-0.39, 0.29) is 5.41 Å². The van der Waals surface area contributed by atoms with Crippen LogP contribution in [0.1, 0.15) is 22.4 Å². The number of fused-ring (bicyclic) bond motifs is 1. The zero-order valence-electron chi connectivity index (χ0n) is 12.3. The number of amides is 1. The fourth-order valence-electron chi connectivity index (χ4n) is 3.19. The van der Waals surface area contributed by atoms with E-state index in [0.717, 1.165) is 11.3 Å². The van der Waals surface area contributed by atoms with Crippen LogP contribution in [-0.4, -0.2) is 15.8 Å². The smallest absolute Gasteiger partial charge is 0.339 e. The zero-order valence-corrected chi connectivity index (χ0v) is 13.1. The summed E-state index contributed by atoms with van der Waals surface area (Å²) in [6.07, 6.45) is 7.65. The number of thiophene rings is 1. The number of rotatable bonds is 2. The van der Waals surface area contributed by atoms with Crippen LogP contribution in [0.4, 0.5) is 4.79 Å². The molecular weight excluding hydrogens is 306 g/mol. The van der Waals surface area contributed by atoms with Crippen LogP contribution >= 0.6 is 11.3 Å². The molecule has 1 atom stereocenters. The average Bonchev–Trinajstić information content (AvgIpc) is 3.24. The molecule has 1 radical (unpaired) electrons. The van der Waals surface area contributed by atoms with Gasteiger partial charge in [0.1, 0.15) is 6.20 Å². The molecule has 0 fully saturated rings. The second kappa shape index (κ2) is 5.21. The number of aromatic nitrogens is 2. The van der Waals surface area contributed by atoms with E-state index in [2.05, 4.69) is 46.3 Å². The SMILES string of the molecule is NC(=O)n1n[c]c2c1CC(c1ccccc1)(c1ccsc1)C=C2. The molecule has 2 aromatic heterocycles. The van der Waals surface area contributed by atoms with Gasteiger partial charge in [-0.3, -0.25) is 0 Å². The Kier molecular flexibility index (Phi) is 3.16. The lowest BCUT2D eigenvalue weighted by atomic mass is 9.69. The summed E-state index contributed by atoms with van der Waals surface area (Å²) in [6, 6.07) is 11.8. The predicted molar refractivity (Wildman–Crippen MR) is 90.3 cm³/mol. The molecule has 4 rings (SSSR count). The predicted octanol–water partition coefficient (Wildman–Crippen LogP) is 3.23. The number of carbonyl (C=O) groups excluding carboxylic acids is 1. The van der Waals surface area contributed by atoms with Crippen molar-refractivity contribution in [3.63, 3.8) is 0 Å². The maximum atomic E-state index is 11.6. The van der Waals surface area contributed by atoms with Crippen LogP contribution in [0, 0.1) is 6.20 Å². The van der Waals surface area contributed by atoms with E-state index >= 15 is 0 Å². The normalized spacial score (nSPS) is 19.5. The molecule has 0 bridgehead atoms. The van der Waals surface area contributed by atoms with Crippen LogP contribution in [0.3, 0.4) is 0 Å². The molecule has 1 unspecified atom stereocenters. The Bertz CT molecular complexity index is 880. The quantitative estimate of drug-likeness (QED) is 0.788. The molecule has 3 aromatic rings. The Labute approximate surface area is 137 Å². The third kappa shape index (κ3) is 2.12. The van der Waals surface area contributed by atoms with Gasteiger partial charge in [-0.05, 0) is 28.0 Å². The van der Waals surface area contributed by atoms with Crippen LogP contribution in [-0.2, 0) is 11.8 Å². The maximum absolute atomic E-state index is 11.6. The summed E-state index contributed by atoms with van der Waals surface area (Å²) in [5, 5.41) is 8.23. The number of hydrogen-bond acceptors (Lipinski definition) is 3. The zero-order chi connectivity index (χ0) is 15.9. The molecule has 0 spiro atoms. The lowest BCUT2D eigenvalue weighted by Crippen LogP contribution is -2.33. The third-order valence-corrected chi connectivity index (χ3v) is 5.04. The number of nitrogens with zero attached hydrogens (tertiary/aromatic N) is 2. The Morgan fingerprint density at radius 1 is 1.26 bits per heavy atom. The summed E-state index contributed by atoms with van der Waals surface area (Å²) in [4.78, 5) is 11.6. The molecule has 5 heteroatoms. The van der Waals surface area contributed by atoms with E-state index in [0.29, 0.717) is 6.42 Å². The first kappa shape index (κ1) is 14.0. The number of primary amides is 1. The van der Waals surface area contributed by atoms with Gasteiger partial charge in [0.2, 0.25) is 0 Å². The molecule has 2 N–H and O–H groups in total. The van der Waals surface area contributed by atoms with Gasteiger partial charge in [0.15, 0.2) is 0 Å². The van der Waals surface area contributed by atoms with Gasteiger partial charge in [-0.1, -0.05) is 42.5 Å². The highest BCUT2D eigenvalue weighted by atomic mass is 32.1. The third-order valence-electron chi connectivity index (χ3n) is 4.35. The van der Waals surface area contributed by atoms with Crippen molar-refractivity contribution in [1.29, 1.82) is 0 Å². The number of carbonyl (C=O) groups is 1. The highest BCUT2D eigenvalue weighted by molar-refractivity contribution is 7.08. The highest BCUT2D eigenvalue weighted by Gasteiger charge is 2.37. The summed E-state index contributed by atoms with van der Waals surface area (Å²) >= 11 is 1.66. The van der Waals surface area contributed by atoms with Crippen molar-refractivity contribution in [3.8, 4) is 0 Å². The summed E-state index contributed by atoms with van der Waals surface area (Å²) in [6.45, 7) is 0. The summed E-state index contributed by atoms with van der Waals surface area (Å²) in [5.41, 5.74) is 9.13. The molecule has 113 valence electrons. The highest BCUT2D eigenvalue weighted by Crippen LogP contribution is 2.42. The van der Waals surface area contributed by atoms with Crippen LogP contribution < -0.4 is 5.73 Å². The van der Waals surface area contributed by atoms with Gasteiger partial charge >= 0.3 is 6.03 Å². The molecule has 23 heavy (non-hydrogen) atoms. The van der Waals surface area contributed by atoms with Crippen molar-refractivity contribution >= 4 is 23.4 Å². The molecule has 1 amide bonds. The number of hydrogen-bond donors (Lipinski definition) is 1. The molecule has 0 aliphatic heterocycles. The topological polar surface area (TPSA) is 60.9 Å². The standard InChI is InChI=1S/C18H14N3OS/c19-17(22)21-16-10-18(15-7-9-23-12-15,8-6-13(16)11-20-21)14-4-2-1-3-5-14/h1-9,12H,10H2,(H2,19,22). The van der Waals surface area contributed by atoms with Crippen molar-refractivity contribution in [3.05, 3.63) is 81.8 Å². The van der Waals surface area contributed by atoms with Crippen molar-refractivity contribution in [2.45, 2.75) is 11.8 Å². The van der Waals surface area contributed by atoms with E-state index in [1.165, 1.54) is 15.8 Å². The summed E-state index contributed by atoms with van der Waals surface area (Å²) < 4.78 is 1.25. The Hall–Kier alpha value is -2.66. The van der Waals surface area contributed by atoms with Gasteiger partial charge < -0.3 is 5.73 Å². The van der Waals surface area contributed by atoms with Crippen LogP contribution in [0.15, 0.2) is 53.2 Å². The Morgan fingerprint density at radius 2 is 2.09 bits per heavy atom. The number of benzene rings is 1. The Balaban J connectivity index is 1.92. The molecule has 0 saturated carbocycles. The largest absolute Gasteiger partial charge is 0.350 e. The molecule has 1 aliphatic carbocycles. The monoisotopic (exact) mass is 320 g/mol. The minimum atomic E-state index is -0.579. The minimum absolute atomic E-state index is 0.324. The van der Waals surface area contributed by atoms with Crippen molar-refractivity contribution < 1.29 is 4.79 Å². The summed E-state index contributed by atoms with van der Waals surface area (Å²) in [5.74, 6) is 0. The molecule has 1 aliphatic rings. The van der Waals surface area contributed by atoms with Crippen molar-refractivity contribution in [1.82, 2.24) is 9.78 Å². The lowest BCUT2D eigenvalue weighted by molar-refractivity contribution is 0.246. The van der Waals surface area contributed by atoms with E-state index in [9.17, 15) is 4.79 Å². The first-order chi connectivity index (χ1) is 11.2. The van der Waals surface area contributed by atoms with Crippen LogP contribution in [0.25, 0.3) is 6.08 Å².